The smallest absolute Gasteiger partial charge is 0.0320 e. The Morgan fingerprint density at radius 2 is 1.70 bits per heavy atom. The monoisotopic (exact) mass is 273 g/mol. The van der Waals surface area contributed by atoms with Gasteiger partial charge >= 0.3 is 0 Å². The molecule has 1 fully saturated rings. The van der Waals surface area contributed by atoms with Crippen LogP contribution in [0.15, 0.2) is 24.3 Å². The van der Waals surface area contributed by atoms with Crippen LogP contribution in [0.5, 0.6) is 0 Å². The zero-order valence-corrected chi connectivity index (χ0v) is 13.5. The van der Waals surface area contributed by atoms with Gasteiger partial charge in [-0.2, -0.15) is 0 Å². The van der Waals surface area contributed by atoms with Crippen LogP contribution in [-0.2, 0) is 0 Å². The minimum Gasteiger partial charge on any atom is -0.307 e. The van der Waals surface area contributed by atoms with Gasteiger partial charge in [-0.1, -0.05) is 56.5 Å². The van der Waals surface area contributed by atoms with E-state index in [-0.39, 0.29) is 0 Å². The molecule has 1 N–H and O–H groups in total. The summed E-state index contributed by atoms with van der Waals surface area (Å²) in [6.45, 7) is 6.77. The van der Waals surface area contributed by atoms with E-state index in [0.717, 1.165) is 12.0 Å². The minimum absolute atomic E-state index is 0.531. The first-order valence-electron chi connectivity index (χ1n) is 8.55. The lowest BCUT2D eigenvalue weighted by atomic mass is 9.83. The molecule has 2 rings (SSSR count). The highest BCUT2D eigenvalue weighted by atomic mass is 14.9. The van der Waals surface area contributed by atoms with Gasteiger partial charge in [-0.15, -0.1) is 0 Å². The van der Waals surface area contributed by atoms with Gasteiger partial charge in [0.2, 0.25) is 0 Å². The summed E-state index contributed by atoms with van der Waals surface area (Å²) in [4.78, 5) is 0. The fourth-order valence-electron chi connectivity index (χ4n) is 3.56. The van der Waals surface area contributed by atoms with Crippen LogP contribution in [0, 0.1) is 12.8 Å². The molecule has 0 radical (unpaired) electrons. The van der Waals surface area contributed by atoms with Crippen LogP contribution in [0.1, 0.15) is 76.0 Å². The SMILES string of the molecule is CCCC1CCC(NC(CC)c2ccc(C)cc2)CC1. The normalized spacial score (nSPS) is 24.6. The third-order valence-corrected chi connectivity index (χ3v) is 4.87. The molecule has 112 valence electrons. The Kier molecular flexibility index (Phi) is 6.09. The van der Waals surface area contributed by atoms with Crippen LogP contribution in [-0.4, -0.2) is 6.04 Å². The predicted octanol–water partition coefficient (Wildman–Crippen LogP) is 5.39. The molecular formula is C19H31N. The Bertz CT molecular complexity index is 373. The second kappa shape index (κ2) is 7.83. The van der Waals surface area contributed by atoms with Crippen LogP contribution in [0.2, 0.25) is 0 Å². The third kappa shape index (κ3) is 4.34. The number of benzene rings is 1. The van der Waals surface area contributed by atoms with Crippen molar-refractivity contribution in [3.63, 3.8) is 0 Å². The van der Waals surface area contributed by atoms with Crippen molar-refractivity contribution in [1.29, 1.82) is 0 Å². The second-order valence-corrected chi connectivity index (χ2v) is 6.54. The maximum Gasteiger partial charge on any atom is 0.0320 e. The lowest BCUT2D eigenvalue weighted by Crippen LogP contribution is -2.35. The van der Waals surface area contributed by atoms with E-state index in [2.05, 4.69) is 50.4 Å². The van der Waals surface area contributed by atoms with Gasteiger partial charge in [-0.05, 0) is 50.5 Å². The summed E-state index contributed by atoms with van der Waals surface area (Å²) in [7, 11) is 0. The molecular weight excluding hydrogens is 242 g/mol. The lowest BCUT2D eigenvalue weighted by molar-refractivity contribution is 0.261. The quantitative estimate of drug-likeness (QED) is 0.732. The van der Waals surface area contributed by atoms with E-state index in [1.807, 2.05) is 0 Å². The summed E-state index contributed by atoms with van der Waals surface area (Å²) in [5.41, 5.74) is 2.80. The summed E-state index contributed by atoms with van der Waals surface area (Å²) >= 11 is 0. The molecule has 20 heavy (non-hydrogen) atoms. The molecule has 1 unspecified atom stereocenters. The van der Waals surface area contributed by atoms with Gasteiger partial charge in [0.1, 0.15) is 0 Å². The summed E-state index contributed by atoms with van der Waals surface area (Å²) < 4.78 is 0. The number of hydrogen-bond donors (Lipinski definition) is 1. The third-order valence-electron chi connectivity index (χ3n) is 4.87. The van der Waals surface area contributed by atoms with Crippen molar-refractivity contribution in [3.05, 3.63) is 35.4 Å². The molecule has 0 aromatic heterocycles. The standard InChI is InChI=1S/C19H31N/c1-4-6-16-9-13-18(14-10-16)20-19(5-2)17-11-7-15(3)8-12-17/h7-8,11-12,16,18-20H,4-6,9-10,13-14H2,1-3H3. The largest absolute Gasteiger partial charge is 0.307 e. The molecule has 1 aromatic carbocycles. The molecule has 1 nitrogen and oxygen atoms in total. The van der Waals surface area contributed by atoms with Crippen molar-refractivity contribution < 1.29 is 0 Å². The number of nitrogens with one attached hydrogen (secondary N) is 1. The predicted molar refractivity (Wildman–Crippen MR) is 88.0 cm³/mol. The van der Waals surface area contributed by atoms with E-state index in [1.54, 1.807) is 0 Å². The minimum atomic E-state index is 0.531. The molecule has 1 saturated carbocycles. The number of rotatable bonds is 6. The van der Waals surface area contributed by atoms with Crippen molar-refractivity contribution in [2.45, 2.75) is 77.8 Å². The highest BCUT2D eigenvalue weighted by molar-refractivity contribution is 5.24. The molecule has 1 aromatic rings. The van der Waals surface area contributed by atoms with Crippen molar-refractivity contribution in [2.75, 3.05) is 0 Å². The van der Waals surface area contributed by atoms with Gasteiger partial charge in [0, 0.05) is 12.1 Å². The van der Waals surface area contributed by atoms with E-state index < -0.39 is 0 Å². The molecule has 0 spiro atoms. The summed E-state index contributed by atoms with van der Waals surface area (Å²) in [6.07, 6.45) is 9.55. The Hall–Kier alpha value is -0.820. The molecule has 1 heteroatoms. The van der Waals surface area contributed by atoms with E-state index in [4.69, 9.17) is 0 Å². The Labute approximate surface area is 125 Å². The first-order chi connectivity index (χ1) is 9.72. The van der Waals surface area contributed by atoms with Gasteiger partial charge in [0.25, 0.3) is 0 Å². The first-order valence-corrected chi connectivity index (χ1v) is 8.55. The average Bonchev–Trinajstić information content (AvgIpc) is 2.48. The van der Waals surface area contributed by atoms with Crippen LogP contribution < -0.4 is 5.32 Å². The molecule has 0 saturated heterocycles. The zero-order chi connectivity index (χ0) is 14.4. The maximum atomic E-state index is 3.90. The molecule has 0 amide bonds. The highest BCUT2D eigenvalue weighted by Gasteiger charge is 2.22. The fourth-order valence-corrected chi connectivity index (χ4v) is 3.56. The molecule has 0 bridgehead atoms. The molecule has 0 aliphatic heterocycles. The zero-order valence-electron chi connectivity index (χ0n) is 13.5. The van der Waals surface area contributed by atoms with Gasteiger partial charge in [-0.3, -0.25) is 0 Å². The number of aryl methyl sites for hydroxylation is 1. The van der Waals surface area contributed by atoms with Gasteiger partial charge < -0.3 is 5.32 Å². The van der Waals surface area contributed by atoms with Crippen LogP contribution >= 0.6 is 0 Å². The highest BCUT2D eigenvalue weighted by Crippen LogP contribution is 2.29. The Morgan fingerprint density at radius 3 is 2.25 bits per heavy atom. The lowest BCUT2D eigenvalue weighted by Gasteiger charge is -2.32. The van der Waals surface area contributed by atoms with Gasteiger partial charge in [0.15, 0.2) is 0 Å². The van der Waals surface area contributed by atoms with Crippen molar-refractivity contribution in [2.24, 2.45) is 5.92 Å². The maximum absolute atomic E-state index is 3.90. The van der Waals surface area contributed by atoms with Gasteiger partial charge in [0.05, 0.1) is 0 Å². The summed E-state index contributed by atoms with van der Waals surface area (Å²) in [5.74, 6) is 0.998. The van der Waals surface area contributed by atoms with Gasteiger partial charge in [-0.25, -0.2) is 0 Å². The Morgan fingerprint density at radius 1 is 1.05 bits per heavy atom. The van der Waals surface area contributed by atoms with Crippen molar-refractivity contribution in [1.82, 2.24) is 5.32 Å². The topological polar surface area (TPSA) is 12.0 Å². The van der Waals surface area contributed by atoms with Crippen LogP contribution in [0.3, 0.4) is 0 Å². The fraction of sp³-hybridized carbons (Fsp3) is 0.684. The molecule has 1 atom stereocenters. The first kappa shape index (κ1) is 15.6. The van der Waals surface area contributed by atoms with Crippen molar-refractivity contribution in [3.8, 4) is 0 Å². The second-order valence-electron chi connectivity index (χ2n) is 6.54. The van der Waals surface area contributed by atoms with E-state index in [0.29, 0.717) is 6.04 Å². The van der Waals surface area contributed by atoms with E-state index >= 15 is 0 Å². The molecule has 1 aliphatic rings. The summed E-state index contributed by atoms with van der Waals surface area (Å²) in [5, 5.41) is 3.90. The van der Waals surface area contributed by atoms with E-state index in [1.165, 1.54) is 56.1 Å². The molecule has 0 heterocycles. The van der Waals surface area contributed by atoms with Crippen LogP contribution in [0.4, 0.5) is 0 Å². The number of hydrogen-bond acceptors (Lipinski definition) is 1. The average molecular weight is 273 g/mol. The molecule has 1 aliphatic carbocycles. The summed E-state index contributed by atoms with van der Waals surface area (Å²) in [6, 6.07) is 10.3. The van der Waals surface area contributed by atoms with Crippen molar-refractivity contribution >= 4 is 0 Å². The Balaban J connectivity index is 1.86. The van der Waals surface area contributed by atoms with E-state index in [9.17, 15) is 0 Å². The van der Waals surface area contributed by atoms with Crippen LogP contribution in [0.25, 0.3) is 0 Å².